The van der Waals surface area contributed by atoms with E-state index in [1.807, 2.05) is 196 Å². The first-order valence-corrected chi connectivity index (χ1v) is 47.9. The van der Waals surface area contributed by atoms with Crippen LogP contribution in [0.25, 0.3) is 20.8 Å². The van der Waals surface area contributed by atoms with Gasteiger partial charge in [-0.05, 0) is 246 Å². The van der Waals surface area contributed by atoms with E-state index in [-0.39, 0.29) is 98.6 Å². The number of aromatic nitrogens is 4. The van der Waals surface area contributed by atoms with Gasteiger partial charge in [0.25, 0.3) is 11.8 Å². The van der Waals surface area contributed by atoms with Crippen molar-refractivity contribution in [1.82, 2.24) is 62.5 Å². The van der Waals surface area contributed by atoms with Crippen molar-refractivity contribution in [2.45, 2.75) is 196 Å². The average Bonchev–Trinajstić information content (AvgIpc) is 1.71. The maximum Gasteiger partial charge on any atom is 0.271 e. The summed E-state index contributed by atoms with van der Waals surface area (Å²) in [5.41, 5.74) is 10.0. The van der Waals surface area contributed by atoms with Crippen LogP contribution in [0.1, 0.15) is 209 Å². The second-order valence-electron chi connectivity index (χ2n) is 37.3. The lowest BCUT2D eigenvalue weighted by Crippen LogP contribution is -2.30. The minimum absolute atomic E-state index is 0.00190. The van der Waals surface area contributed by atoms with Crippen molar-refractivity contribution in [3.63, 3.8) is 0 Å². The second-order valence-corrected chi connectivity index (χ2v) is 41.9. The molecule has 27 heteroatoms. The molecule has 1 unspecified atom stereocenters. The van der Waals surface area contributed by atoms with Crippen LogP contribution in [0, 0.1) is 121 Å². The predicted octanol–water partition coefficient (Wildman–Crippen LogP) is 15.8. The summed E-state index contributed by atoms with van der Waals surface area (Å²) < 4.78 is 22.5. The number of thiophene rings is 1. The molecule has 5 aromatic heterocycles. The predicted molar refractivity (Wildman–Crippen MR) is 536 cm³/mol. The number of nitrogens with one attached hydrogen (secondary N) is 9. The zero-order chi connectivity index (χ0) is 97.8. The van der Waals surface area contributed by atoms with Crippen molar-refractivity contribution >= 4 is 107 Å². The van der Waals surface area contributed by atoms with Crippen LogP contribution in [0.3, 0.4) is 0 Å². The lowest BCUT2D eigenvalue weighted by molar-refractivity contribution is -0.124. The highest BCUT2D eigenvalue weighted by atomic mass is 32.2. The standard InChI is InChI=1S/C19H26N2O.C17H22N2O2.C16H17N3OS.C15H16N2OS.C14H18N2O.C13H17NOS.C10H17NO3S/c1-19(2,3)12-7-13-20-18(22)11-6-8-15-14-21-17-10-5-4-9-16(15)17;1-17(2,3)12-7-13-18-15(20)10-11-16(21)19-14-8-5-4-6-9-14;1-16(2,3)7-4-8-18-14(20)13-11-21-15(19-13)12-5-9-17-10-6-12;1-15(2,3)7-4-8-16-14(18)11-5-6-12-13(9-11)19-10-17-12;1-14(2,3)7-4-8-16-13(17)11-12-5-9-15-10-6-12;1-13(2,3)6-4-7-14-12(15)9-11-5-8-16-10-11;1-10(2,3)6-5-7-11-9(12)8-15(4,13)14/h4-5,9-10,17,21H,6,8,11,13-14H2,1-3H3,(H,20,22);4-6,8-9H,10-11,13H2,1-3H3,(H,18,20)(H,19,21);5-6,9-11H,8H2,1-3H3,(H,18,20);5-6,9-10H,8H2,1-3H3,(H,16,18);5-6,9-10H,8,11H2,1-3H3,(H,16,17);5,8,10H,7,9H2,1-3H3,(H,14,15);7-8H2,1-4H3,(H,11,12). The Hall–Kier alpha value is -12.2. The number of rotatable bonds is 24. The van der Waals surface area contributed by atoms with Gasteiger partial charge in [-0.25, -0.2) is 18.4 Å². The largest absolute Gasteiger partial charge is 0.345 e. The molecular formula is C104H133N13O10S4. The number of para-hydroxylation sites is 1. The molecule has 6 heterocycles. The summed E-state index contributed by atoms with van der Waals surface area (Å²) in [6, 6.07) is 24.4. The molecule has 0 saturated carbocycles. The molecule has 9 rings (SSSR count). The van der Waals surface area contributed by atoms with Gasteiger partial charge in [0.15, 0.2) is 9.84 Å². The molecule has 9 N–H and O–H groups in total. The van der Waals surface area contributed by atoms with E-state index in [9.17, 15) is 46.8 Å². The number of anilines is 1. The van der Waals surface area contributed by atoms with Crippen LogP contribution in [-0.2, 0) is 51.4 Å². The van der Waals surface area contributed by atoms with Gasteiger partial charge in [0.1, 0.15) is 16.5 Å². The molecule has 0 radical (unpaired) electrons. The summed E-state index contributed by atoms with van der Waals surface area (Å²) in [6.45, 7) is 46.0. The highest BCUT2D eigenvalue weighted by Crippen LogP contribution is 2.27. The van der Waals surface area contributed by atoms with E-state index >= 15 is 0 Å². The quantitative estimate of drug-likeness (QED) is 0.0254. The number of hydrogen-bond donors (Lipinski definition) is 9. The number of benzene rings is 2. The summed E-state index contributed by atoms with van der Waals surface area (Å²) in [4.78, 5) is 109. The van der Waals surface area contributed by atoms with Crippen LogP contribution in [0.5, 0.6) is 0 Å². The molecule has 7 aromatic rings. The number of allylic oxidation sites excluding steroid dienone is 2. The van der Waals surface area contributed by atoms with Crippen molar-refractivity contribution < 1.29 is 46.8 Å². The maximum atomic E-state index is 12.0. The third kappa shape index (κ3) is 59.6. The average molecular weight is 1850 g/mol. The van der Waals surface area contributed by atoms with E-state index in [0.717, 1.165) is 63.2 Å². The normalized spacial score (nSPS) is 12.2. The molecule has 8 amide bonds. The number of thiazole rings is 2. The fourth-order valence-electron chi connectivity index (χ4n) is 10.2. The van der Waals surface area contributed by atoms with Crippen LogP contribution in [0.15, 0.2) is 161 Å². The second kappa shape index (κ2) is 57.7. The Balaban J connectivity index is 0.000000395. The Kier molecular flexibility index (Phi) is 49.8. The lowest BCUT2D eigenvalue weighted by Gasteiger charge is -2.10. The Morgan fingerprint density at radius 3 is 1.38 bits per heavy atom. The van der Waals surface area contributed by atoms with Crippen molar-refractivity contribution in [2.24, 2.45) is 37.9 Å². The maximum absolute atomic E-state index is 12.0. The van der Waals surface area contributed by atoms with E-state index in [4.69, 9.17) is 0 Å². The van der Waals surface area contributed by atoms with Gasteiger partial charge in [-0.15, -0.1) is 22.7 Å². The van der Waals surface area contributed by atoms with Gasteiger partial charge in [0, 0.05) is 117 Å². The van der Waals surface area contributed by atoms with Crippen LogP contribution < -0.4 is 47.9 Å². The molecule has 2 aromatic carbocycles. The van der Waals surface area contributed by atoms with E-state index in [2.05, 4.69) is 196 Å². The van der Waals surface area contributed by atoms with E-state index in [1.165, 1.54) is 33.8 Å². The zero-order valence-corrected chi connectivity index (χ0v) is 83.6. The summed E-state index contributed by atoms with van der Waals surface area (Å²) in [5, 5.41) is 31.8. The molecule has 1 atom stereocenters. The number of fused-ring (bicyclic) bond motifs is 2. The fraction of sp³-hybridized carbons (Fsp3) is 0.442. The highest BCUT2D eigenvalue weighted by molar-refractivity contribution is 7.91. The van der Waals surface area contributed by atoms with Crippen LogP contribution in [0.2, 0.25) is 0 Å². The Morgan fingerprint density at radius 1 is 0.466 bits per heavy atom. The van der Waals surface area contributed by atoms with Gasteiger partial charge in [-0.1, -0.05) is 131 Å². The Morgan fingerprint density at radius 2 is 0.908 bits per heavy atom. The number of carbonyl (C=O) groups is 8. The van der Waals surface area contributed by atoms with Crippen LogP contribution in [-0.4, -0.2) is 146 Å². The number of pyridine rings is 2. The number of hydrogen-bond acceptors (Lipinski definition) is 18. The molecule has 0 bridgehead atoms. The minimum Gasteiger partial charge on any atom is -0.345 e. The van der Waals surface area contributed by atoms with Crippen molar-refractivity contribution in [2.75, 3.05) is 69.7 Å². The third-order valence-corrected chi connectivity index (χ3v) is 19.2. The van der Waals surface area contributed by atoms with Crippen molar-refractivity contribution in [3.8, 4) is 93.5 Å². The molecule has 698 valence electrons. The summed E-state index contributed by atoms with van der Waals surface area (Å²) in [6.07, 6.45) is 19.9. The van der Waals surface area contributed by atoms with Crippen molar-refractivity contribution in [1.29, 1.82) is 0 Å². The van der Waals surface area contributed by atoms with Gasteiger partial charge < -0.3 is 47.9 Å². The molecule has 2 aliphatic rings. The number of carbonyl (C=O) groups excluding carboxylic acids is 8. The first kappa shape index (κ1) is 113. The molecule has 1 aliphatic carbocycles. The monoisotopic (exact) mass is 1850 g/mol. The molecular weight excluding hydrogens is 1720 g/mol. The Bertz CT molecular complexity index is 5550. The van der Waals surface area contributed by atoms with Crippen LogP contribution >= 0.6 is 34.0 Å². The fourth-order valence-corrected chi connectivity index (χ4v) is 13.0. The van der Waals surface area contributed by atoms with Crippen LogP contribution in [0.4, 0.5) is 5.69 Å². The van der Waals surface area contributed by atoms with Crippen molar-refractivity contribution in [3.05, 3.63) is 183 Å². The van der Waals surface area contributed by atoms with Gasteiger partial charge in [0.2, 0.25) is 35.4 Å². The van der Waals surface area contributed by atoms with Gasteiger partial charge in [-0.3, -0.25) is 48.3 Å². The van der Waals surface area contributed by atoms with Gasteiger partial charge in [-0.2, -0.15) is 11.3 Å². The highest BCUT2D eigenvalue weighted by Gasteiger charge is 2.23. The zero-order valence-electron chi connectivity index (χ0n) is 80.3. The SMILES string of the molecule is CC(C)(C)C#CCNC(=O)CCC(=O)Nc1ccccc1.CC(C)(C)C#CCNC(=O)CCCC1=C2C=CC=CC2NC1.CC(C)(C)C#CCNC(=O)CS(C)(=O)=O.CC(C)(C)C#CCNC(=O)Cc1ccncc1.CC(C)(C)C#CCNC(=O)Cc1ccsc1.CC(C)(C)C#CCNC(=O)c1ccc2ncsc2c1.CC(C)(C)C#CCNC(=O)c1csc(-c2ccncc2)n1. The van der Waals surface area contributed by atoms with E-state index in [0.29, 0.717) is 75.8 Å². The lowest BCUT2D eigenvalue weighted by atomic mass is 9.97. The smallest absolute Gasteiger partial charge is 0.271 e. The molecule has 131 heavy (non-hydrogen) atoms. The minimum atomic E-state index is -3.25. The molecule has 1 aliphatic heterocycles. The Labute approximate surface area is 791 Å². The number of nitrogens with zero attached hydrogens (tertiary/aromatic N) is 4. The molecule has 23 nitrogen and oxygen atoms in total. The summed E-state index contributed by atoms with van der Waals surface area (Å²) >= 11 is 4.58. The number of amides is 8. The topological polar surface area (TPSA) is 331 Å². The van der Waals surface area contributed by atoms with Gasteiger partial charge >= 0.3 is 0 Å². The first-order valence-electron chi connectivity index (χ1n) is 43.1. The van der Waals surface area contributed by atoms with E-state index in [1.54, 1.807) is 65.2 Å². The molecule has 0 spiro atoms. The molecule has 0 saturated heterocycles. The first-order chi connectivity index (χ1) is 61.3. The number of sulfone groups is 1. The van der Waals surface area contributed by atoms with Gasteiger partial charge in [0.05, 0.1) is 80.4 Å². The molecule has 0 fully saturated rings. The van der Waals surface area contributed by atoms with E-state index < -0.39 is 21.5 Å². The summed E-state index contributed by atoms with van der Waals surface area (Å²) in [7, 11) is -3.25. The summed E-state index contributed by atoms with van der Waals surface area (Å²) in [5.74, 6) is 40.3. The third-order valence-electron chi connectivity index (χ3n) is 16.0.